The van der Waals surface area contributed by atoms with Gasteiger partial charge in [-0.15, -0.1) is 0 Å². The Balaban J connectivity index is 2.15. The molecule has 0 atom stereocenters. The summed E-state index contributed by atoms with van der Waals surface area (Å²) in [5.74, 6) is -2.33. The van der Waals surface area contributed by atoms with Gasteiger partial charge in [-0.05, 0) is 42.2 Å². The highest BCUT2D eigenvalue weighted by Gasteiger charge is 2.23. The molecule has 0 N–H and O–H groups in total. The fraction of sp³-hybridized carbons (Fsp3) is 0.429. The van der Waals surface area contributed by atoms with E-state index in [1.807, 2.05) is 20.8 Å². The van der Waals surface area contributed by atoms with Crippen molar-refractivity contribution in [2.24, 2.45) is 5.41 Å². The van der Waals surface area contributed by atoms with Crippen LogP contribution in [0.5, 0.6) is 5.75 Å². The SMILES string of the molecule is CCCCCCCC(=O)c1ccc(OC(=O)OCC(C)(C)C)c(C(=O)OOC(=O)c2ccccc2)c1. The van der Waals surface area contributed by atoms with Gasteiger partial charge < -0.3 is 9.47 Å². The van der Waals surface area contributed by atoms with Gasteiger partial charge in [-0.2, -0.15) is 0 Å². The Morgan fingerprint density at radius 1 is 0.778 bits per heavy atom. The minimum atomic E-state index is -1.10. The summed E-state index contributed by atoms with van der Waals surface area (Å²) in [6, 6.07) is 12.0. The van der Waals surface area contributed by atoms with Crippen LogP contribution < -0.4 is 4.74 Å². The van der Waals surface area contributed by atoms with E-state index in [1.54, 1.807) is 18.2 Å². The number of rotatable bonds is 11. The molecule has 0 amide bonds. The van der Waals surface area contributed by atoms with Gasteiger partial charge in [0.15, 0.2) is 5.78 Å². The number of hydrogen-bond acceptors (Lipinski definition) is 8. The van der Waals surface area contributed by atoms with Crippen molar-refractivity contribution in [2.75, 3.05) is 6.61 Å². The number of carbonyl (C=O) groups is 4. The summed E-state index contributed by atoms with van der Waals surface area (Å²) < 4.78 is 10.3. The van der Waals surface area contributed by atoms with Gasteiger partial charge in [-0.25, -0.2) is 24.2 Å². The van der Waals surface area contributed by atoms with Gasteiger partial charge in [0.05, 0.1) is 12.2 Å². The number of ketones is 1. The average Bonchev–Trinajstić information content (AvgIpc) is 2.86. The Kier molecular flexibility index (Phi) is 11.1. The minimum Gasteiger partial charge on any atom is -0.433 e. The van der Waals surface area contributed by atoms with Gasteiger partial charge in [0.1, 0.15) is 11.3 Å². The molecule has 2 aromatic rings. The zero-order valence-electron chi connectivity index (χ0n) is 21.3. The van der Waals surface area contributed by atoms with Crippen molar-refractivity contribution in [3.63, 3.8) is 0 Å². The molecule has 8 heteroatoms. The predicted octanol–water partition coefficient (Wildman–Crippen LogP) is 6.72. The molecule has 0 unspecified atom stereocenters. The van der Waals surface area contributed by atoms with Crippen LogP contribution in [0.3, 0.4) is 0 Å². The van der Waals surface area contributed by atoms with Crippen molar-refractivity contribution < 1.29 is 38.4 Å². The third-order valence-corrected chi connectivity index (χ3v) is 5.05. The molecule has 0 fully saturated rings. The second-order valence-corrected chi connectivity index (χ2v) is 9.61. The van der Waals surface area contributed by atoms with Gasteiger partial charge in [0.25, 0.3) is 0 Å². The standard InChI is InChI=1S/C28H34O8/c1-5-6-7-8-12-15-23(29)21-16-17-24(34-27(32)33-19-28(2,3)4)22(18-21)26(31)36-35-25(30)20-13-10-9-11-14-20/h9-11,13-14,16-18H,5-8,12,15,19H2,1-4H3. The monoisotopic (exact) mass is 498 g/mol. The normalized spacial score (nSPS) is 10.9. The van der Waals surface area contributed by atoms with Crippen molar-refractivity contribution in [1.29, 1.82) is 0 Å². The number of carbonyl (C=O) groups excluding carboxylic acids is 4. The van der Waals surface area contributed by atoms with Gasteiger partial charge in [-0.3, -0.25) is 4.79 Å². The van der Waals surface area contributed by atoms with Crippen molar-refractivity contribution in [2.45, 2.75) is 66.2 Å². The lowest BCUT2D eigenvalue weighted by Crippen LogP contribution is -2.21. The molecule has 194 valence electrons. The maximum Gasteiger partial charge on any atom is 0.513 e. The summed E-state index contributed by atoms with van der Waals surface area (Å²) >= 11 is 0. The van der Waals surface area contributed by atoms with E-state index >= 15 is 0 Å². The van der Waals surface area contributed by atoms with Gasteiger partial charge in [-0.1, -0.05) is 71.6 Å². The first-order chi connectivity index (χ1) is 17.1. The van der Waals surface area contributed by atoms with Gasteiger partial charge >= 0.3 is 18.1 Å². The first-order valence-electron chi connectivity index (χ1n) is 12.1. The molecule has 8 nitrogen and oxygen atoms in total. The van der Waals surface area contributed by atoms with Crippen LogP contribution in [-0.2, 0) is 14.5 Å². The molecular weight excluding hydrogens is 464 g/mol. The van der Waals surface area contributed by atoms with E-state index in [9.17, 15) is 19.2 Å². The summed E-state index contributed by atoms with van der Waals surface area (Å²) in [4.78, 5) is 59.1. The summed E-state index contributed by atoms with van der Waals surface area (Å²) in [7, 11) is 0. The topological polar surface area (TPSA) is 105 Å². The van der Waals surface area contributed by atoms with E-state index in [1.165, 1.54) is 30.3 Å². The maximum absolute atomic E-state index is 12.8. The third-order valence-electron chi connectivity index (χ3n) is 5.05. The third kappa shape index (κ3) is 9.90. The number of Topliss-reactive ketones (excluding diaryl/α,β-unsaturated/α-hetero) is 1. The molecule has 0 aromatic heterocycles. The van der Waals surface area contributed by atoms with Gasteiger partial charge in [0.2, 0.25) is 0 Å². The van der Waals surface area contributed by atoms with Gasteiger partial charge in [0, 0.05) is 12.0 Å². The molecule has 0 aliphatic rings. The number of ether oxygens (including phenoxy) is 2. The second kappa shape index (κ2) is 14.0. The molecule has 0 bridgehead atoms. The zero-order valence-corrected chi connectivity index (χ0v) is 21.3. The van der Waals surface area contributed by atoms with Crippen LogP contribution in [0.2, 0.25) is 0 Å². The van der Waals surface area contributed by atoms with E-state index in [-0.39, 0.29) is 40.2 Å². The highest BCUT2D eigenvalue weighted by Crippen LogP contribution is 2.24. The van der Waals surface area contributed by atoms with E-state index in [4.69, 9.17) is 14.4 Å². The van der Waals surface area contributed by atoms with Crippen LogP contribution in [-0.4, -0.2) is 30.5 Å². The van der Waals surface area contributed by atoms with Crippen molar-refractivity contribution in [1.82, 2.24) is 0 Å². The molecule has 0 heterocycles. The van der Waals surface area contributed by atoms with Crippen LogP contribution >= 0.6 is 0 Å². The number of hydrogen-bond donors (Lipinski definition) is 0. The first-order valence-corrected chi connectivity index (χ1v) is 12.1. The Hall–Kier alpha value is -3.68. The van der Waals surface area contributed by atoms with Crippen LogP contribution in [0.15, 0.2) is 48.5 Å². The summed E-state index contributed by atoms with van der Waals surface area (Å²) in [6.45, 7) is 7.85. The van der Waals surface area contributed by atoms with E-state index in [2.05, 4.69) is 11.8 Å². The maximum atomic E-state index is 12.8. The highest BCUT2D eigenvalue weighted by atomic mass is 17.2. The van der Waals surface area contributed by atoms with Crippen LogP contribution in [0.1, 0.15) is 97.3 Å². The Bertz CT molecular complexity index is 1040. The quantitative estimate of drug-likeness (QED) is 0.0839. The zero-order chi connectivity index (χ0) is 26.6. The number of benzene rings is 2. The summed E-state index contributed by atoms with van der Waals surface area (Å²) in [5.41, 5.74) is -0.109. The van der Waals surface area contributed by atoms with Crippen molar-refractivity contribution in [3.05, 3.63) is 65.2 Å². The number of unbranched alkanes of at least 4 members (excludes halogenated alkanes) is 4. The Morgan fingerprint density at radius 2 is 1.44 bits per heavy atom. The Morgan fingerprint density at radius 3 is 2.11 bits per heavy atom. The van der Waals surface area contributed by atoms with Crippen LogP contribution in [0.25, 0.3) is 0 Å². The molecule has 2 aromatic carbocycles. The average molecular weight is 499 g/mol. The molecule has 0 radical (unpaired) electrons. The molecule has 0 saturated carbocycles. The molecular formula is C28H34O8. The molecule has 0 spiro atoms. The van der Waals surface area contributed by atoms with E-state index < -0.39 is 18.1 Å². The molecule has 2 rings (SSSR count). The molecule has 0 saturated heterocycles. The largest absolute Gasteiger partial charge is 0.513 e. The summed E-state index contributed by atoms with van der Waals surface area (Å²) in [5, 5.41) is 0. The summed E-state index contributed by atoms with van der Waals surface area (Å²) in [6.07, 6.45) is 4.23. The first kappa shape index (κ1) is 28.6. The van der Waals surface area contributed by atoms with E-state index in [0.717, 1.165) is 32.1 Å². The van der Waals surface area contributed by atoms with Crippen molar-refractivity contribution >= 4 is 23.9 Å². The Labute approximate surface area is 211 Å². The lowest BCUT2D eigenvalue weighted by atomic mass is 9.99. The molecule has 0 aliphatic carbocycles. The van der Waals surface area contributed by atoms with Crippen LogP contribution in [0, 0.1) is 5.41 Å². The van der Waals surface area contributed by atoms with Crippen LogP contribution in [0.4, 0.5) is 4.79 Å². The highest BCUT2D eigenvalue weighted by molar-refractivity contribution is 6.01. The molecule has 36 heavy (non-hydrogen) atoms. The molecule has 0 aliphatic heterocycles. The lowest BCUT2D eigenvalue weighted by molar-refractivity contribution is -0.187. The predicted molar refractivity (Wildman–Crippen MR) is 133 cm³/mol. The minimum absolute atomic E-state index is 0.0922. The fourth-order valence-corrected chi connectivity index (χ4v) is 3.12. The van der Waals surface area contributed by atoms with E-state index in [0.29, 0.717) is 6.42 Å². The van der Waals surface area contributed by atoms with Crippen molar-refractivity contribution in [3.8, 4) is 5.75 Å². The smallest absolute Gasteiger partial charge is 0.433 e. The second-order valence-electron chi connectivity index (χ2n) is 9.61. The lowest BCUT2D eigenvalue weighted by Gasteiger charge is -2.17. The fourth-order valence-electron chi connectivity index (χ4n) is 3.12.